The highest BCUT2D eigenvalue weighted by Gasteiger charge is 2.40. The molecule has 0 unspecified atom stereocenters. The number of carbonyl (C=O) groups excluding carboxylic acids is 2. The summed E-state index contributed by atoms with van der Waals surface area (Å²) in [4.78, 5) is 34.1. The molecule has 2 aromatic heterocycles. The summed E-state index contributed by atoms with van der Waals surface area (Å²) in [6.07, 6.45) is -9.57. The van der Waals surface area contributed by atoms with Gasteiger partial charge in [-0.3, -0.25) is 14.9 Å². The average Bonchev–Trinajstić information content (AvgIpc) is 2.84. The second-order valence-corrected chi connectivity index (χ2v) is 3.90. The van der Waals surface area contributed by atoms with Crippen LogP contribution in [0.1, 0.15) is 0 Å². The fourth-order valence-corrected chi connectivity index (χ4v) is 1.33. The van der Waals surface area contributed by atoms with Crippen molar-refractivity contribution in [3.05, 3.63) is 6.33 Å². The number of fused-ring (bicyclic) bond motifs is 1. The van der Waals surface area contributed by atoms with Crippen LogP contribution in [-0.4, -0.2) is 44.1 Å². The quantitative estimate of drug-likeness (QED) is 0.713. The Labute approximate surface area is 121 Å². The van der Waals surface area contributed by atoms with E-state index < -0.39 is 35.9 Å². The summed E-state index contributed by atoms with van der Waals surface area (Å²) >= 11 is 0. The van der Waals surface area contributed by atoms with Gasteiger partial charge in [0.15, 0.2) is 11.5 Å². The van der Waals surface area contributed by atoms with Gasteiger partial charge in [-0.15, -0.1) is 0 Å². The number of alkyl halides is 6. The molecular formula is C9H4F6N6O2. The van der Waals surface area contributed by atoms with E-state index in [9.17, 15) is 35.9 Å². The van der Waals surface area contributed by atoms with E-state index in [1.807, 2.05) is 0 Å². The summed E-state index contributed by atoms with van der Waals surface area (Å²) in [6.45, 7) is 0. The first-order valence-electron chi connectivity index (χ1n) is 5.46. The van der Waals surface area contributed by atoms with E-state index >= 15 is 0 Å². The third kappa shape index (κ3) is 3.64. The zero-order valence-corrected chi connectivity index (χ0v) is 10.5. The summed E-state index contributed by atoms with van der Waals surface area (Å²) in [5.41, 5.74) is -0.637. The van der Waals surface area contributed by atoms with E-state index in [4.69, 9.17) is 0 Å². The predicted octanol–water partition coefficient (Wildman–Crippen LogP) is 1.35. The second kappa shape index (κ2) is 5.36. The molecule has 8 nitrogen and oxygen atoms in total. The van der Waals surface area contributed by atoms with Crippen molar-refractivity contribution in [1.29, 1.82) is 0 Å². The molecule has 0 spiro atoms. The summed E-state index contributed by atoms with van der Waals surface area (Å²) in [5, 5.41) is 2.59. The third-order valence-electron chi connectivity index (χ3n) is 2.26. The number of amides is 2. The van der Waals surface area contributed by atoms with E-state index in [2.05, 4.69) is 19.9 Å². The number of rotatable bonds is 2. The van der Waals surface area contributed by atoms with Gasteiger partial charge in [-0.25, -0.2) is 4.98 Å². The van der Waals surface area contributed by atoms with Crippen molar-refractivity contribution in [3.63, 3.8) is 0 Å². The van der Waals surface area contributed by atoms with Crippen molar-refractivity contribution >= 4 is 34.7 Å². The van der Waals surface area contributed by atoms with Crippen LogP contribution in [0.25, 0.3) is 11.2 Å². The molecule has 0 saturated heterocycles. The Hall–Kier alpha value is -2.93. The SMILES string of the molecule is O=C(Nc1nc(NC(=O)C(F)(F)F)c2[nH]cnc2n1)C(F)(F)F. The molecule has 0 aliphatic carbocycles. The Bertz CT molecular complexity index is 766. The van der Waals surface area contributed by atoms with Crippen LogP contribution in [0.5, 0.6) is 0 Å². The van der Waals surface area contributed by atoms with E-state index in [0.717, 1.165) is 6.33 Å². The Morgan fingerprint density at radius 3 is 2.09 bits per heavy atom. The number of aromatic nitrogens is 4. The van der Waals surface area contributed by atoms with Gasteiger partial charge in [0, 0.05) is 0 Å². The van der Waals surface area contributed by atoms with Gasteiger partial charge in [-0.1, -0.05) is 0 Å². The number of aromatic amines is 1. The molecule has 0 bridgehead atoms. The maximum atomic E-state index is 12.2. The zero-order chi connectivity index (χ0) is 17.4. The summed E-state index contributed by atoms with van der Waals surface area (Å²) in [5.74, 6) is -6.64. The fourth-order valence-electron chi connectivity index (χ4n) is 1.33. The van der Waals surface area contributed by atoms with E-state index in [-0.39, 0.29) is 11.2 Å². The van der Waals surface area contributed by atoms with Crippen LogP contribution in [0.3, 0.4) is 0 Å². The minimum absolute atomic E-state index is 0.271. The largest absolute Gasteiger partial charge is 0.471 e. The molecule has 2 heterocycles. The van der Waals surface area contributed by atoms with Gasteiger partial charge in [-0.2, -0.15) is 36.3 Å². The van der Waals surface area contributed by atoms with Crippen molar-refractivity contribution in [2.24, 2.45) is 0 Å². The van der Waals surface area contributed by atoms with Crippen LogP contribution < -0.4 is 10.6 Å². The number of hydrogen-bond acceptors (Lipinski definition) is 5. The molecule has 124 valence electrons. The number of nitrogens with zero attached hydrogens (tertiary/aromatic N) is 3. The topological polar surface area (TPSA) is 113 Å². The lowest BCUT2D eigenvalue weighted by Crippen LogP contribution is -2.32. The van der Waals surface area contributed by atoms with E-state index in [1.54, 1.807) is 0 Å². The van der Waals surface area contributed by atoms with E-state index in [1.165, 1.54) is 10.6 Å². The molecule has 23 heavy (non-hydrogen) atoms. The van der Waals surface area contributed by atoms with Crippen LogP contribution >= 0.6 is 0 Å². The fraction of sp³-hybridized carbons (Fsp3) is 0.222. The molecule has 14 heteroatoms. The number of hydrogen-bond donors (Lipinski definition) is 3. The average molecular weight is 342 g/mol. The Morgan fingerprint density at radius 2 is 1.52 bits per heavy atom. The van der Waals surface area contributed by atoms with Crippen LogP contribution in [0.15, 0.2) is 6.33 Å². The van der Waals surface area contributed by atoms with Crippen LogP contribution in [0.2, 0.25) is 0 Å². The molecule has 0 radical (unpaired) electrons. The molecule has 2 rings (SSSR count). The first-order valence-corrected chi connectivity index (χ1v) is 5.46. The number of anilines is 2. The first-order chi connectivity index (χ1) is 10.5. The van der Waals surface area contributed by atoms with Gasteiger partial charge in [0.1, 0.15) is 5.52 Å². The number of halogens is 6. The van der Waals surface area contributed by atoms with Gasteiger partial charge >= 0.3 is 24.2 Å². The smallest absolute Gasteiger partial charge is 0.340 e. The Morgan fingerprint density at radius 1 is 0.957 bits per heavy atom. The molecule has 0 aliphatic heterocycles. The maximum Gasteiger partial charge on any atom is 0.471 e. The van der Waals surface area contributed by atoms with Crippen LogP contribution in [-0.2, 0) is 9.59 Å². The number of imidazole rings is 1. The molecule has 0 saturated carbocycles. The van der Waals surface area contributed by atoms with Gasteiger partial charge in [0.05, 0.1) is 6.33 Å². The minimum Gasteiger partial charge on any atom is -0.340 e. The third-order valence-corrected chi connectivity index (χ3v) is 2.26. The second-order valence-electron chi connectivity index (χ2n) is 3.90. The van der Waals surface area contributed by atoms with E-state index in [0.29, 0.717) is 0 Å². The summed E-state index contributed by atoms with van der Waals surface area (Å²) in [6, 6.07) is 0. The van der Waals surface area contributed by atoms with Crippen molar-refractivity contribution < 1.29 is 35.9 Å². The molecule has 0 aliphatic rings. The first kappa shape index (κ1) is 16.4. The van der Waals surface area contributed by atoms with Crippen molar-refractivity contribution in [2.45, 2.75) is 12.4 Å². The maximum absolute atomic E-state index is 12.2. The van der Waals surface area contributed by atoms with Gasteiger partial charge < -0.3 is 10.3 Å². The summed E-state index contributed by atoms with van der Waals surface area (Å²) < 4.78 is 73.1. The zero-order valence-electron chi connectivity index (χ0n) is 10.5. The lowest BCUT2D eigenvalue weighted by atomic mass is 10.4. The normalized spacial score (nSPS) is 12.3. The minimum atomic E-state index is -5.26. The van der Waals surface area contributed by atoms with Gasteiger partial charge in [-0.05, 0) is 0 Å². The molecule has 2 aromatic rings. The highest BCUT2D eigenvalue weighted by atomic mass is 19.4. The van der Waals surface area contributed by atoms with Gasteiger partial charge in [0.25, 0.3) is 0 Å². The van der Waals surface area contributed by atoms with Gasteiger partial charge in [0.2, 0.25) is 5.95 Å². The lowest BCUT2D eigenvalue weighted by molar-refractivity contribution is -0.167. The standard InChI is InChI=1S/C9H4F6N6O2/c10-8(11,12)5(22)18-4-2-3(17-1-16-2)19-7(20-4)21-6(23)9(13,14)15/h1H,(H3,16,17,18,19,20,21,22,23). The highest BCUT2D eigenvalue weighted by molar-refractivity contribution is 6.00. The predicted molar refractivity (Wildman–Crippen MR) is 61.1 cm³/mol. The Balaban J connectivity index is 2.38. The number of H-pyrrole nitrogens is 1. The van der Waals surface area contributed by atoms with Crippen LogP contribution in [0.4, 0.5) is 38.1 Å². The molecule has 0 aromatic carbocycles. The molecular weight excluding hydrogens is 338 g/mol. The lowest BCUT2D eigenvalue weighted by Gasteiger charge is -2.10. The molecule has 0 atom stereocenters. The van der Waals surface area contributed by atoms with Crippen LogP contribution in [0, 0.1) is 0 Å². The molecule has 0 fully saturated rings. The molecule has 2 amide bonds. The Kier molecular flexibility index (Phi) is 3.83. The highest BCUT2D eigenvalue weighted by Crippen LogP contribution is 2.23. The number of carbonyl (C=O) groups is 2. The van der Waals surface area contributed by atoms with Crippen molar-refractivity contribution in [3.8, 4) is 0 Å². The number of nitrogens with one attached hydrogen (secondary N) is 3. The summed E-state index contributed by atoms with van der Waals surface area (Å²) in [7, 11) is 0. The monoisotopic (exact) mass is 342 g/mol. The van der Waals surface area contributed by atoms with Crippen molar-refractivity contribution in [1.82, 2.24) is 19.9 Å². The van der Waals surface area contributed by atoms with Crippen molar-refractivity contribution in [2.75, 3.05) is 10.6 Å². The molecule has 3 N–H and O–H groups in total.